The van der Waals surface area contributed by atoms with Crippen LogP contribution in [0.3, 0.4) is 0 Å². The summed E-state index contributed by atoms with van der Waals surface area (Å²) >= 11 is 0. The fourth-order valence-electron chi connectivity index (χ4n) is 3.21. The summed E-state index contributed by atoms with van der Waals surface area (Å²) in [5.74, 6) is 1.51. The van der Waals surface area contributed by atoms with Gasteiger partial charge in [-0.15, -0.1) is 0 Å². The van der Waals surface area contributed by atoms with E-state index in [1.807, 2.05) is 23.6 Å². The molecule has 0 aliphatic rings. The number of carbonyl (C=O) groups excluding carboxylic acids is 2. The Bertz CT molecular complexity index is 1130. The highest BCUT2D eigenvalue weighted by atomic mass is 16.5. The van der Waals surface area contributed by atoms with Gasteiger partial charge in [0.15, 0.2) is 17.9 Å². The van der Waals surface area contributed by atoms with E-state index < -0.39 is 5.91 Å². The Morgan fingerprint density at radius 3 is 2.65 bits per heavy atom. The number of hydrogen-bond acceptors (Lipinski definition) is 9. The van der Waals surface area contributed by atoms with Gasteiger partial charge in [-0.2, -0.15) is 0 Å². The first-order chi connectivity index (χ1) is 16.4. The van der Waals surface area contributed by atoms with Crippen LogP contribution in [0.1, 0.15) is 45.8 Å². The highest BCUT2D eigenvalue weighted by Crippen LogP contribution is 2.31. The minimum absolute atomic E-state index is 0.0267. The molecule has 0 atom stereocenters. The molecule has 34 heavy (non-hydrogen) atoms. The Balaban J connectivity index is 0.000000340. The van der Waals surface area contributed by atoms with E-state index >= 15 is 0 Å². The van der Waals surface area contributed by atoms with Gasteiger partial charge in [0.25, 0.3) is 0 Å². The molecule has 0 saturated heterocycles. The number of aliphatic hydroxyl groups is 1. The summed E-state index contributed by atoms with van der Waals surface area (Å²) in [6.45, 7) is 5.02. The zero-order valence-electron chi connectivity index (χ0n) is 19.7. The number of hydrogen-bond donors (Lipinski definition) is 4. The molecule has 2 heterocycles. The van der Waals surface area contributed by atoms with Crippen LogP contribution in [0.5, 0.6) is 5.75 Å². The molecule has 2 aromatic heterocycles. The molecule has 11 heteroatoms. The molecule has 6 N–H and O–H groups in total. The standard InChI is InChI=1S/C16H23N5O3.C7H9NO2/c1-19-16-20-12-9-11(15(18)23)10-13(24-8-4-7-22)14(12)21(16)6-3-2-5-17;1-3-6-7(4-9)10-5(2)8-6/h2-3,9-10,22H,4-8,17H2,1H3,(H2,18,23)(H,19,20);4H,3H2,1-2H3/b3-2+;. The molecule has 3 rings (SSSR count). The first-order valence-corrected chi connectivity index (χ1v) is 10.9. The fraction of sp³-hybridized carbons (Fsp3) is 0.391. The molecular formula is C23H32N6O5. The number of aldehydes is 1. The molecule has 0 saturated carbocycles. The van der Waals surface area contributed by atoms with Gasteiger partial charge >= 0.3 is 0 Å². The molecule has 0 fully saturated rings. The summed E-state index contributed by atoms with van der Waals surface area (Å²) in [7, 11) is 1.77. The molecule has 1 aromatic carbocycles. The van der Waals surface area contributed by atoms with Crippen molar-refractivity contribution in [3.63, 3.8) is 0 Å². The van der Waals surface area contributed by atoms with Crippen molar-refractivity contribution in [2.24, 2.45) is 11.5 Å². The molecule has 0 unspecified atom stereocenters. The Kier molecular flexibility index (Phi) is 10.2. The molecule has 1 amide bonds. The van der Waals surface area contributed by atoms with Crippen molar-refractivity contribution in [1.82, 2.24) is 14.5 Å². The fourth-order valence-corrected chi connectivity index (χ4v) is 3.21. The van der Waals surface area contributed by atoms with Crippen molar-refractivity contribution in [1.29, 1.82) is 0 Å². The number of fused-ring (bicyclic) bond motifs is 1. The van der Waals surface area contributed by atoms with Gasteiger partial charge in [-0.3, -0.25) is 9.59 Å². The number of allylic oxidation sites excluding steroid dienone is 1. The van der Waals surface area contributed by atoms with E-state index in [0.717, 1.165) is 17.6 Å². The SMILES string of the molecule is CCc1nc(C)oc1C=O.CNc1nc2cc(C(N)=O)cc(OCCCO)c2n1C/C=C/CN. The molecule has 0 bridgehead atoms. The van der Waals surface area contributed by atoms with Gasteiger partial charge < -0.3 is 35.6 Å². The molecule has 184 valence electrons. The Hall–Kier alpha value is -3.70. The number of benzene rings is 1. The third-order valence-corrected chi connectivity index (χ3v) is 4.74. The second-order valence-corrected chi connectivity index (χ2v) is 7.15. The Morgan fingerprint density at radius 2 is 2.09 bits per heavy atom. The second kappa shape index (κ2) is 13.1. The highest BCUT2D eigenvalue weighted by molar-refractivity contribution is 5.98. The third-order valence-electron chi connectivity index (χ3n) is 4.74. The summed E-state index contributed by atoms with van der Waals surface area (Å²) in [4.78, 5) is 30.3. The molecule has 0 aliphatic heterocycles. The van der Waals surface area contributed by atoms with E-state index in [1.54, 1.807) is 26.1 Å². The van der Waals surface area contributed by atoms with Crippen LogP contribution in [0.15, 0.2) is 28.7 Å². The van der Waals surface area contributed by atoms with Gasteiger partial charge in [0.1, 0.15) is 11.3 Å². The number of amides is 1. The number of anilines is 1. The molecule has 11 nitrogen and oxygen atoms in total. The van der Waals surface area contributed by atoms with Crippen LogP contribution in [0.25, 0.3) is 11.0 Å². The number of nitrogens with zero attached hydrogens (tertiary/aromatic N) is 3. The van der Waals surface area contributed by atoms with Crippen molar-refractivity contribution < 1.29 is 23.8 Å². The predicted molar refractivity (Wildman–Crippen MR) is 129 cm³/mol. The minimum atomic E-state index is -0.549. The maximum absolute atomic E-state index is 11.6. The summed E-state index contributed by atoms with van der Waals surface area (Å²) in [6.07, 6.45) is 5.71. The quantitative estimate of drug-likeness (QED) is 0.184. The lowest BCUT2D eigenvalue weighted by Gasteiger charge is -2.11. The van der Waals surface area contributed by atoms with E-state index in [1.165, 1.54) is 0 Å². The maximum atomic E-state index is 11.6. The minimum Gasteiger partial charge on any atom is -0.491 e. The number of oxazole rings is 1. The van der Waals surface area contributed by atoms with E-state index in [2.05, 4.69) is 15.3 Å². The summed E-state index contributed by atoms with van der Waals surface area (Å²) in [5.41, 5.74) is 13.3. The number of aliphatic hydroxyl groups excluding tert-OH is 1. The Labute approximate surface area is 197 Å². The number of carbonyl (C=O) groups is 2. The smallest absolute Gasteiger partial charge is 0.248 e. The Morgan fingerprint density at radius 1 is 1.32 bits per heavy atom. The van der Waals surface area contributed by atoms with Crippen LogP contribution in [0.4, 0.5) is 5.95 Å². The van der Waals surface area contributed by atoms with Gasteiger partial charge in [-0.1, -0.05) is 19.1 Å². The van der Waals surface area contributed by atoms with E-state index in [9.17, 15) is 9.59 Å². The molecule has 0 spiro atoms. The van der Waals surface area contributed by atoms with Gasteiger partial charge in [-0.25, -0.2) is 9.97 Å². The van der Waals surface area contributed by atoms with Gasteiger partial charge in [0, 0.05) is 45.7 Å². The summed E-state index contributed by atoms with van der Waals surface area (Å²) in [6, 6.07) is 3.24. The summed E-state index contributed by atoms with van der Waals surface area (Å²) in [5, 5.41) is 12.0. The van der Waals surface area contributed by atoms with Crippen molar-refractivity contribution in [2.75, 3.05) is 32.1 Å². The van der Waals surface area contributed by atoms with Crippen LogP contribution in [0, 0.1) is 6.92 Å². The average Bonchev–Trinajstić information content (AvgIpc) is 3.39. The number of primary amides is 1. The zero-order chi connectivity index (χ0) is 25.1. The number of nitrogens with two attached hydrogens (primary N) is 2. The average molecular weight is 473 g/mol. The zero-order valence-corrected chi connectivity index (χ0v) is 19.7. The maximum Gasteiger partial charge on any atom is 0.248 e. The van der Waals surface area contributed by atoms with Crippen molar-refractivity contribution >= 4 is 29.2 Å². The van der Waals surface area contributed by atoms with Crippen LogP contribution < -0.4 is 21.5 Å². The number of aromatic nitrogens is 3. The number of ether oxygens (including phenoxy) is 1. The van der Waals surface area contributed by atoms with Crippen LogP contribution in [-0.4, -0.2) is 58.6 Å². The highest BCUT2D eigenvalue weighted by Gasteiger charge is 2.17. The van der Waals surface area contributed by atoms with Crippen LogP contribution >= 0.6 is 0 Å². The van der Waals surface area contributed by atoms with E-state index in [-0.39, 0.29) is 6.61 Å². The van der Waals surface area contributed by atoms with Crippen LogP contribution in [0.2, 0.25) is 0 Å². The summed E-state index contributed by atoms with van der Waals surface area (Å²) < 4.78 is 12.7. The van der Waals surface area contributed by atoms with E-state index in [0.29, 0.717) is 66.8 Å². The molecule has 0 radical (unpaired) electrons. The second-order valence-electron chi connectivity index (χ2n) is 7.15. The topological polar surface area (TPSA) is 172 Å². The lowest BCUT2D eigenvalue weighted by molar-refractivity contribution is 0.0999. The van der Waals surface area contributed by atoms with Crippen molar-refractivity contribution in [2.45, 2.75) is 33.2 Å². The van der Waals surface area contributed by atoms with Crippen molar-refractivity contribution in [3.8, 4) is 5.75 Å². The van der Waals surface area contributed by atoms with E-state index in [4.69, 9.17) is 25.7 Å². The monoisotopic (exact) mass is 472 g/mol. The molecule has 0 aliphatic carbocycles. The van der Waals surface area contributed by atoms with Gasteiger partial charge in [0.05, 0.1) is 17.8 Å². The first kappa shape index (κ1) is 26.6. The number of rotatable bonds is 11. The van der Waals surface area contributed by atoms with Gasteiger partial charge in [-0.05, 0) is 18.6 Å². The largest absolute Gasteiger partial charge is 0.491 e. The lowest BCUT2D eigenvalue weighted by Crippen LogP contribution is -2.12. The number of imidazole rings is 1. The number of aryl methyl sites for hydroxylation is 2. The first-order valence-electron chi connectivity index (χ1n) is 10.9. The van der Waals surface area contributed by atoms with Gasteiger partial charge in [0.2, 0.25) is 11.9 Å². The molecule has 3 aromatic rings. The third kappa shape index (κ3) is 6.65. The predicted octanol–water partition coefficient (Wildman–Crippen LogP) is 1.81. The number of nitrogens with one attached hydrogen (secondary N) is 1. The van der Waals surface area contributed by atoms with Crippen LogP contribution in [-0.2, 0) is 13.0 Å². The molecular weight excluding hydrogens is 440 g/mol. The van der Waals surface area contributed by atoms with Crippen molar-refractivity contribution in [3.05, 3.63) is 47.2 Å². The normalized spacial score (nSPS) is 10.9. The lowest BCUT2D eigenvalue weighted by atomic mass is 10.1.